The monoisotopic (exact) mass is 411 g/mol. The fourth-order valence-corrected chi connectivity index (χ4v) is 3.49. The van der Waals surface area contributed by atoms with E-state index in [1.807, 2.05) is 50.1 Å². The Morgan fingerprint density at radius 2 is 2.17 bits per heavy atom. The first-order chi connectivity index (χ1) is 14.1. The largest absolute Gasteiger partial charge is 0.497 e. The van der Waals surface area contributed by atoms with E-state index in [1.165, 1.54) is 17.7 Å². The Morgan fingerprint density at radius 1 is 1.38 bits per heavy atom. The van der Waals surface area contributed by atoms with Gasteiger partial charge in [0.05, 0.1) is 29.4 Å². The third-order valence-corrected chi connectivity index (χ3v) is 5.50. The van der Waals surface area contributed by atoms with Gasteiger partial charge in [0.1, 0.15) is 22.7 Å². The maximum atomic E-state index is 11.6. The summed E-state index contributed by atoms with van der Waals surface area (Å²) < 4.78 is 5.29. The molecule has 0 radical (unpaired) electrons. The molecule has 3 rings (SSSR count). The van der Waals surface area contributed by atoms with Gasteiger partial charge < -0.3 is 15.0 Å². The molecule has 2 heterocycles. The molecule has 29 heavy (non-hydrogen) atoms. The molecular formula is C21H25N5O2S. The van der Waals surface area contributed by atoms with Crippen LogP contribution in [0.25, 0.3) is 10.2 Å². The average molecular weight is 412 g/mol. The van der Waals surface area contributed by atoms with Crippen LogP contribution in [0.15, 0.2) is 47.1 Å². The third-order valence-electron chi connectivity index (χ3n) is 4.49. The number of carbonyl (C=O) groups excluding carboxylic acids is 1. The molecule has 0 spiro atoms. The molecule has 0 unspecified atom stereocenters. The Morgan fingerprint density at radius 3 is 2.83 bits per heavy atom. The molecule has 1 N–H and O–H groups in total. The van der Waals surface area contributed by atoms with E-state index >= 15 is 0 Å². The molecular weight excluding hydrogens is 386 g/mol. The second-order valence-electron chi connectivity index (χ2n) is 6.69. The Balaban J connectivity index is 1.90. The van der Waals surface area contributed by atoms with E-state index in [0.717, 1.165) is 46.6 Å². The lowest BCUT2D eigenvalue weighted by Crippen LogP contribution is -2.12. The maximum absolute atomic E-state index is 11.6. The van der Waals surface area contributed by atoms with Crippen molar-refractivity contribution in [2.45, 2.75) is 32.7 Å². The Kier molecular flexibility index (Phi) is 6.77. The Labute approximate surface area is 174 Å². The van der Waals surface area contributed by atoms with E-state index in [0.29, 0.717) is 16.6 Å². The summed E-state index contributed by atoms with van der Waals surface area (Å²) in [4.78, 5) is 28.1. The minimum atomic E-state index is 0.441. The number of nitrogens with one attached hydrogen (secondary N) is 1. The van der Waals surface area contributed by atoms with Gasteiger partial charge in [0, 0.05) is 18.8 Å². The molecule has 8 heteroatoms. The van der Waals surface area contributed by atoms with Crippen LogP contribution in [0.2, 0.25) is 0 Å². The van der Waals surface area contributed by atoms with E-state index < -0.39 is 0 Å². The number of nitrogens with zero attached hydrogens (tertiary/aromatic N) is 4. The van der Waals surface area contributed by atoms with Crippen molar-refractivity contribution in [3.63, 3.8) is 0 Å². The third kappa shape index (κ3) is 5.08. The van der Waals surface area contributed by atoms with Crippen molar-refractivity contribution in [2.75, 3.05) is 19.5 Å². The number of aliphatic imine (C=N–C) groups is 1. The SMILES string of the molecule is C\C=C/C(=C\C=C(/C)N(C)C=Nc1c(C=O)sc2ncnc(NC3CC3)c12)OC. The van der Waals surface area contributed by atoms with E-state index in [1.54, 1.807) is 13.4 Å². The van der Waals surface area contributed by atoms with Crippen molar-refractivity contribution in [1.82, 2.24) is 14.9 Å². The lowest BCUT2D eigenvalue weighted by molar-refractivity contribution is 0.112. The summed E-state index contributed by atoms with van der Waals surface area (Å²) in [5, 5.41) is 4.21. The predicted octanol–water partition coefficient (Wildman–Crippen LogP) is 4.68. The molecule has 0 bridgehead atoms. The van der Waals surface area contributed by atoms with Crippen LogP contribution in [-0.2, 0) is 4.74 Å². The summed E-state index contributed by atoms with van der Waals surface area (Å²) in [7, 11) is 3.54. The summed E-state index contributed by atoms with van der Waals surface area (Å²) in [5.74, 6) is 1.50. The second kappa shape index (κ2) is 9.47. The number of aldehydes is 1. The number of ether oxygens (including phenoxy) is 1. The molecule has 0 amide bonds. The van der Waals surface area contributed by atoms with E-state index in [9.17, 15) is 4.79 Å². The number of hydrogen-bond acceptors (Lipinski definition) is 7. The fraction of sp³-hybridized carbons (Fsp3) is 0.333. The van der Waals surface area contributed by atoms with Gasteiger partial charge in [-0.05, 0) is 44.9 Å². The van der Waals surface area contributed by atoms with Crippen molar-refractivity contribution in [2.24, 2.45) is 4.99 Å². The van der Waals surface area contributed by atoms with Crippen LogP contribution in [-0.4, -0.2) is 47.7 Å². The van der Waals surface area contributed by atoms with Gasteiger partial charge in [0.25, 0.3) is 0 Å². The minimum absolute atomic E-state index is 0.441. The molecule has 1 aliphatic carbocycles. The quantitative estimate of drug-likeness (QED) is 0.212. The smallest absolute Gasteiger partial charge is 0.162 e. The van der Waals surface area contributed by atoms with Crippen molar-refractivity contribution < 1.29 is 9.53 Å². The van der Waals surface area contributed by atoms with Crippen LogP contribution in [0.3, 0.4) is 0 Å². The first kappa shape index (κ1) is 20.7. The normalized spacial score (nSPS) is 15.4. The lowest BCUT2D eigenvalue weighted by atomic mass is 10.3. The van der Waals surface area contributed by atoms with Gasteiger partial charge in [-0.1, -0.05) is 6.08 Å². The molecule has 1 aliphatic rings. The van der Waals surface area contributed by atoms with Gasteiger partial charge in [-0.25, -0.2) is 15.0 Å². The van der Waals surface area contributed by atoms with E-state index in [-0.39, 0.29) is 0 Å². The highest BCUT2D eigenvalue weighted by atomic mass is 32.1. The molecule has 0 aliphatic heterocycles. The van der Waals surface area contributed by atoms with Crippen molar-refractivity contribution in [1.29, 1.82) is 0 Å². The number of aromatic nitrogens is 2. The number of methoxy groups -OCH3 is 1. The Bertz CT molecular complexity index is 1000. The highest BCUT2D eigenvalue weighted by Gasteiger charge is 2.24. The van der Waals surface area contributed by atoms with Gasteiger partial charge in [0.2, 0.25) is 0 Å². The number of carbonyl (C=O) groups is 1. The van der Waals surface area contributed by atoms with Gasteiger partial charge >= 0.3 is 0 Å². The van der Waals surface area contributed by atoms with Crippen molar-refractivity contribution in [3.8, 4) is 0 Å². The highest BCUT2D eigenvalue weighted by molar-refractivity contribution is 7.21. The van der Waals surface area contributed by atoms with Crippen LogP contribution in [0.4, 0.5) is 11.5 Å². The van der Waals surface area contributed by atoms with Crippen molar-refractivity contribution in [3.05, 3.63) is 47.0 Å². The summed E-state index contributed by atoms with van der Waals surface area (Å²) in [6.07, 6.45) is 14.0. The molecule has 1 fully saturated rings. The molecule has 2 aromatic rings. The van der Waals surface area contributed by atoms with Gasteiger partial charge in [-0.2, -0.15) is 0 Å². The first-order valence-corrected chi connectivity index (χ1v) is 10.2. The Hall–Kier alpha value is -3.00. The van der Waals surface area contributed by atoms with Gasteiger partial charge in [-0.3, -0.25) is 4.79 Å². The number of rotatable bonds is 9. The summed E-state index contributed by atoms with van der Waals surface area (Å²) in [6, 6.07) is 0.441. The number of hydrogen-bond donors (Lipinski definition) is 1. The van der Waals surface area contributed by atoms with E-state index in [4.69, 9.17) is 4.74 Å². The maximum Gasteiger partial charge on any atom is 0.162 e. The van der Waals surface area contributed by atoms with Crippen LogP contribution >= 0.6 is 11.3 Å². The number of allylic oxidation sites excluding steroid dienone is 5. The summed E-state index contributed by atoms with van der Waals surface area (Å²) >= 11 is 1.33. The van der Waals surface area contributed by atoms with Crippen LogP contribution in [0, 0.1) is 0 Å². The zero-order chi connectivity index (χ0) is 20.8. The fourth-order valence-electron chi connectivity index (χ4n) is 2.59. The molecule has 0 aromatic carbocycles. The van der Waals surface area contributed by atoms with Crippen molar-refractivity contribution >= 4 is 45.7 Å². The van der Waals surface area contributed by atoms with Crippen LogP contribution in [0.5, 0.6) is 0 Å². The molecule has 2 aromatic heterocycles. The topological polar surface area (TPSA) is 79.7 Å². The first-order valence-electron chi connectivity index (χ1n) is 9.38. The molecule has 152 valence electrons. The number of thiophene rings is 1. The van der Waals surface area contributed by atoms with Crippen LogP contribution < -0.4 is 5.32 Å². The predicted molar refractivity (Wildman–Crippen MR) is 119 cm³/mol. The molecule has 0 saturated heterocycles. The van der Waals surface area contributed by atoms with E-state index in [2.05, 4.69) is 20.3 Å². The minimum Gasteiger partial charge on any atom is -0.497 e. The molecule has 7 nitrogen and oxygen atoms in total. The van der Waals surface area contributed by atoms with Gasteiger partial charge in [0.15, 0.2) is 6.29 Å². The lowest BCUT2D eigenvalue weighted by Gasteiger charge is -2.13. The molecule has 0 atom stereocenters. The average Bonchev–Trinajstić information content (AvgIpc) is 3.47. The van der Waals surface area contributed by atoms with Crippen LogP contribution in [0.1, 0.15) is 36.4 Å². The van der Waals surface area contributed by atoms with Gasteiger partial charge in [-0.15, -0.1) is 11.3 Å². The highest BCUT2D eigenvalue weighted by Crippen LogP contribution is 2.40. The summed E-state index contributed by atoms with van der Waals surface area (Å²) in [6.45, 7) is 3.91. The zero-order valence-corrected chi connectivity index (χ0v) is 17.9. The second-order valence-corrected chi connectivity index (χ2v) is 7.72. The molecule has 1 saturated carbocycles. The zero-order valence-electron chi connectivity index (χ0n) is 17.0. The summed E-state index contributed by atoms with van der Waals surface area (Å²) in [5.41, 5.74) is 1.57. The number of fused-ring (bicyclic) bond motifs is 1. The standard InChI is InChI=1S/C21H25N5O2S/c1-5-6-16(28-4)10-7-14(2)26(3)13-24-19-17(11-27)29-21-18(19)20(22-12-23-21)25-15-8-9-15/h5-7,10-13,15H,8-9H2,1-4H3,(H,22,23,25)/b6-5-,14-7+,16-10+,24-13?. The number of anilines is 1.